The van der Waals surface area contributed by atoms with Gasteiger partial charge in [-0.2, -0.15) is 0 Å². The Kier molecular flexibility index (Phi) is 6.24. The molecule has 1 heterocycles. The number of carbonyl (C=O) groups is 1. The van der Waals surface area contributed by atoms with Gasteiger partial charge in [-0.15, -0.1) is 11.3 Å². The Morgan fingerprint density at radius 3 is 2.70 bits per heavy atom. The van der Waals surface area contributed by atoms with Crippen molar-refractivity contribution < 1.29 is 9.53 Å². The first-order valence-electron chi connectivity index (χ1n) is 9.03. The SMILES string of the molecule is Cc1ccc(C(C)C)c(OCC(=O)NCc2csc(-c3ccccc3)n2)c1. The van der Waals surface area contributed by atoms with E-state index < -0.39 is 0 Å². The van der Waals surface area contributed by atoms with Crippen LogP contribution in [0.5, 0.6) is 5.75 Å². The van der Waals surface area contributed by atoms with Crippen molar-refractivity contribution >= 4 is 17.2 Å². The normalized spacial score (nSPS) is 10.8. The number of amides is 1. The number of hydrogen-bond donors (Lipinski definition) is 1. The Bertz CT molecular complexity index is 904. The molecular weight excluding hydrogens is 356 g/mol. The summed E-state index contributed by atoms with van der Waals surface area (Å²) in [6, 6.07) is 16.1. The van der Waals surface area contributed by atoms with Crippen LogP contribution in [0.25, 0.3) is 10.6 Å². The number of ether oxygens (including phenoxy) is 1. The number of hydrogen-bond acceptors (Lipinski definition) is 4. The lowest BCUT2D eigenvalue weighted by molar-refractivity contribution is -0.123. The van der Waals surface area contributed by atoms with E-state index in [4.69, 9.17) is 4.74 Å². The Morgan fingerprint density at radius 2 is 1.96 bits per heavy atom. The van der Waals surface area contributed by atoms with Crippen molar-refractivity contribution in [3.8, 4) is 16.3 Å². The molecule has 1 N–H and O–H groups in total. The van der Waals surface area contributed by atoms with Gasteiger partial charge < -0.3 is 10.1 Å². The molecule has 0 saturated carbocycles. The first-order valence-corrected chi connectivity index (χ1v) is 9.91. The summed E-state index contributed by atoms with van der Waals surface area (Å²) in [6.45, 7) is 6.65. The van der Waals surface area contributed by atoms with Crippen molar-refractivity contribution in [2.24, 2.45) is 0 Å². The predicted molar refractivity (Wildman–Crippen MR) is 110 cm³/mol. The lowest BCUT2D eigenvalue weighted by atomic mass is 10.0. The topological polar surface area (TPSA) is 51.2 Å². The van der Waals surface area contributed by atoms with Gasteiger partial charge >= 0.3 is 0 Å². The molecule has 3 aromatic rings. The van der Waals surface area contributed by atoms with Gasteiger partial charge in [-0.1, -0.05) is 56.3 Å². The second kappa shape index (κ2) is 8.82. The van der Waals surface area contributed by atoms with Gasteiger partial charge in [0, 0.05) is 10.9 Å². The average molecular weight is 381 g/mol. The summed E-state index contributed by atoms with van der Waals surface area (Å²) in [5.41, 5.74) is 4.17. The highest BCUT2D eigenvalue weighted by Gasteiger charge is 2.11. The molecule has 0 aliphatic heterocycles. The molecule has 3 rings (SSSR count). The van der Waals surface area contributed by atoms with Gasteiger partial charge in [0.05, 0.1) is 12.2 Å². The molecule has 4 nitrogen and oxygen atoms in total. The Balaban J connectivity index is 1.54. The van der Waals surface area contributed by atoms with Gasteiger partial charge in [-0.3, -0.25) is 4.79 Å². The number of nitrogens with zero attached hydrogens (tertiary/aromatic N) is 1. The second-order valence-corrected chi connectivity index (χ2v) is 7.63. The molecule has 0 fully saturated rings. The van der Waals surface area contributed by atoms with Crippen molar-refractivity contribution in [1.82, 2.24) is 10.3 Å². The van der Waals surface area contributed by atoms with E-state index in [1.807, 2.05) is 48.7 Å². The van der Waals surface area contributed by atoms with Crippen molar-refractivity contribution in [1.29, 1.82) is 0 Å². The fourth-order valence-electron chi connectivity index (χ4n) is 2.73. The lowest BCUT2D eigenvalue weighted by Crippen LogP contribution is -2.28. The van der Waals surface area contributed by atoms with Crippen LogP contribution in [-0.2, 0) is 11.3 Å². The molecule has 5 heteroatoms. The van der Waals surface area contributed by atoms with E-state index in [1.165, 1.54) is 0 Å². The molecule has 0 saturated heterocycles. The third kappa shape index (κ3) is 5.17. The Labute approximate surface area is 164 Å². The first kappa shape index (κ1) is 19.1. The number of aromatic nitrogens is 1. The third-order valence-electron chi connectivity index (χ3n) is 4.19. The fraction of sp³-hybridized carbons (Fsp3) is 0.273. The van der Waals surface area contributed by atoms with Gasteiger partial charge in [0.15, 0.2) is 6.61 Å². The Hall–Kier alpha value is -2.66. The second-order valence-electron chi connectivity index (χ2n) is 6.77. The van der Waals surface area contributed by atoms with E-state index in [9.17, 15) is 4.79 Å². The van der Waals surface area contributed by atoms with Gasteiger partial charge in [0.25, 0.3) is 5.91 Å². The van der Waals surface area contributed by atoms with Crippen LogP contribution < -0.4 is 10.1 Å². The maximum Gasteiger partial charge on any atom is 0.258 e. The minimum absolute atomic E-state index is 0.00114. The van der Waals surface area contributed by atoms with Crippen molar-refractivity contribution in [2.45, 2.75) is 33.2 Å². The van der Waals surface area contributed by atoms with Gasteiger partial charge in [-0.05, 0) is 30.0 Å². The van der Waals surface area contributed by atoms with Crippen molar-refractivity contribution in [3.63, 3.8) is 0 Å². The molecular formula is C22H24N2O2S. The molecule has 0 bridgehead atoms. The lowest BCUT2D eigenvalue weighted by Gasteiger charge is -2.14. The third-order valence-corrected chi connectivity index (χ3v) is 5.13. The zero-order chi connectivity index (χ0) is 19.2. The van der Waals surface area contributed by atoms with E-state index in [2.05, 4.69) is 36.3 Å². The molecule has 1 aromatic heterocycles. The molecule has 0 aliphatic rings. The molecule has 0 spiro atoms. The van der Waals surface area contributed by atoms with E-state index in [-0.39, 0.29) is 12.5 Å². The van der Waals surface area contributed by atoms with Crippen LogP contribution in [-0.4, -0.2) is 17.5 Å². The standard InChI is InChI=1S/C22H24N2O2S/c1-15(2)19-10-9-16(3)11-20(19)26-13-21(25)23-12-18-14-27-22(24-18)17-7-5-4-6-8-17/h4-11,14-15H,12-13H2,1-3H3,(H,23,25). The number of benzene rings is 2. The van der Waals surface area contributed by atoms with E-state index in [0.717, 1.165) is 33.1 Å². The van der Waals surface area contributed by atoms with Crippen LogP contribution in [0.3, 0.4) is 0 Å². The molecule has 0 unspecified atom stereocenters. The summed E-state index contributed by atoms with van der Waals surface area (Å²) in [6.07, 6.45) is 0. The molecule has 1 amide bonds. The van der Waals surface area contributed by atoms with E-state index in [0.29, 0.717) is 12.5 Å². The number of rotatable bonds is 7. The average Bonchev–Trinajstić information content (AvgIpc) is 3.14. The van der Waals surface area contributed by atoms with E-state index >= 15 is 0 Å². The summed E-state index contributed by atoms with van der Waals surface area (Å²) in [5.74, 6) is 0.968. The monoisotopic (exact) mass is 380 g/mol. The van der Waals surface area contributed by atoms with Gasteiger partial charge in [-0.25, -0.2) is 4.98 Å². The minimum atomic E-state index is -0.152. The summed E-state index contributed by atoms with van der Waals surface area (Å²) >= 11 is 1.58. The molecule has 27 heavy (non-hydrogen) atoms. The summed E-state index contributed by atoms with van der Waals surface area (Å²) in [7, 11) is 0. The van der Waals surface area contributed by atoms with Crippen LogP contribution in [0.1, 0.15) is 36.6 Å². The van der Waals surface area contributed by atoms with Gasteiger partial charge in [0.2, 0.25) is 0 Å². The summed E-state index contributed by atoms with van der Waals surface area (Å²) in [5, 5.41) is 5.81. The van der Waals surface area contributed by atoms with Crippen LogP contribution in [0.4, 0.5) is 0 Å². The predicted octanol–water partition coefficient (Wildman–Crippen LogP) is 4.94. The van der Waals surface area contributed by atoms with Crippen LogP contribution in [0.15, 0.2) is 53.9 Å². The molecule has 0 aliphatic carbocycles. The van der Waals surface area contributed by atoms with E-state index in [1.54, 1.807) is 11.3 Å². The zero-order valence-corrected chi connectivity index (χ0v) is 16.7. The Morgan fingerprint density at radius 1 is 1.19 bits per heavy atom. The van der Waals surface area contributed by atoms with Crippen molar-refractivity contribution in [2.75, 3.05) is 6.61 Å². The maximum atomic E-state index is 12.2. The molecule has 0 atom stereocenters. The zero-order valence-electron chi connectivity index (χ0n) is 15.9. The van der Waals surface area contributed by atoms with Crippen LogP contribution in [0.2, 0.25) is 0 Å². The number of aryl methyl sites for hydroxylation is 1. The highest BCUT2D eigenvalue weighted by molar-refractivity contribution is 7.13. The number of nitrogens with one attached hydrogen (secondary N) is 1. The smallest absolute Gasteiger partial charge is 0.258 e. The maximum absolute atomic E-state index is 12.2. The minimum Gasteiger partial charge on any atom is -0.483 e. The largest absolute Gasteiger partial charge is 0.483 e. The van der Waals surface area contributed by atoms with Crippen LogP contribution >= 0.6 is 11.3 Å². The number of thiazole rings is 1. The highest BCUT2D eigenvalue weighted by Crippen LogP contribution is 2.27. The van der Waals surface area contributed by atoms with Crippen LogP contribution in [0, 0.1) is 6.92 Å². The molecule has 2 aromatic carbocycles. The van der Waals surface area contributed by atoms with Gasteiger partial charge in [0.1, 0.15) is 10.8 Å². The summed E-state index contributed by atoms with van der Waals surface area (Å²) < 4.78 is 5.77. The quantitative estimate of drug-likeness (QED) is 0.632. The molecule has 0 radical (unpaired) electrons. The van der Waals surface area contributed by atoms with Crippen molar-refractivity contribution in [3.05, 3.63) is 70.7 Å². The number of carbonyl (C=O) groups excluding carboxylic acids is 1. The summed E-state index contributed by atoms with van der Waals surface area (Å²) in [4.78, 5) is 16.8. The first-order chi connectivity index (χ1) is 13.0. The fourth-order valence-corrected chi connectivity index (χ4v) is 3.55. The highest BCUT2D eigenvalue weighted by atomic mass is 32.1. The molecule has 140 valence electrons.